The molecule has 1 unspecified atom stereocenters. The number of ketones is 1. The van der Waals surface area contributed by atoms with Crippen molar-refractivity contribution in [1.82, 2.24) is 4.90 Å². The van der Waals surface area contributed by atoms with E-state index in [9.17, 15) is 14.7 Å². The molecule has 2 aromatic rings. The number of hydrogen-bond acceptors (Lipinski definition) is 3. The van der Waals surface area contributed by atoms with Crippen molar-refractivity contribution in [1.29, 1.82) is 0 Å². The summed E-state index contributed by atoms with van der Waals surface area (Å²) in [6.45, 7) is 11.4. The summed E-state index contributed by atoms with van der Waals surface area (Å²) in [5.74, 6) is -1.38. The van der Waals surface area contributed by atoms with Crippen LogP contribution in [0.2, 0.25) is 5.02 Å². The van der Waals surface area contributed by atoms with Gasteiger partial charge in [-0.2, -0.15) is 0 Å². The van der Waals surface area contributed by atoms with Crippen LogP contribution in [0.25, 0.3) is 5.76 Å². The first-order chi connectivity index (χ1) is 15.3. The van der Waals surface area contributed by atoms with Crippen molar-refractivity contribution in [2.75, 3.05) is 26.2 Å². The van der Waals surface area contributed by atoms with Crippen molar-refractivity contribution in [2.24, 2.45) is 0 Å². The third-order valence-electron chi connectivity index (χ3n) is 6.26. The summed E-state index contributed by atoms with van der Waals surface area (Å²) >= 11 is 5.96. The number of carbonyl (C=O) groups excluding carboxylic acids is 2. The SMILES string of the molecule is CC[NH+](CC)CCN1C(=O)C(=O)/C(=C(/[O-])c2ccc(Cl)cc2)C1c1ccc(C(C)C)cc1. The summed E-state index contributed by atoms with van der Waals surface area (Å²) in [6, 6.07) is 13.6. The maximum Gasteiger partial charge on any atom is 0.295 e. The zero-order valence-electron chi connectivity index (χ0n) is 19.2. The molecule has 6 heteroatoms. The molecule has 1 fully saturated rings. The van der Waals surface area contributed by atoms with Crippen molar-refractivity contribution in [3.05, 3.63) is 75.8 Å². The van der Waals surface area contributed by atoms with E-state index in [1.165, 1.54) is 4.90 Å². The van der Waals surface area contributed by atoms with Crippen molar-refractivity contribution in [3.63, 3.8) is 0 Å². The number of likely N-dealkylation sites (tertiary alicyclic amines) is 1. The van der Waals surface area contributed by atoms with E-state index < -0.39 is 23.5 Å². The summed E-state index contributed by atoms with van der Waals surface area (Å²) in [5, 5.41) is 13.9. The standard InChI is InChI=1S/C26H31ClN2O3/c1-5-28(6-2)15-16-29-23(19-9-7-18(8-10-19)17(3)4)22(25(31)26(29)32)24(30)20-11-13-21(27)14-12-20/h7-14,17,23,30H,5-6,15-16H2,1-4H3/b24-22+. The van der Waals surface area contributed by atoms with Crippen LogP contribution in [-0.4, -0.2) is 42.8 Å². The van der Waals surface area contributed by atoms with E-state index >= 15 is 0 Å². The molecule has 1 saturated heterocycles. The van der Waals surface area contributed by atoms with Crippen LogP contribution in [0.4, 0.5) is 0 Å². The highest BCUT2D eigenvalue weighted by atomic mass is 35.5. The molecule has 1 amide bonds. The second-order valence-electron chi connectivity index (χ2n) is 8.51. The topological polar surface area (TPSA) is 64.9 Å². The van der Waals surface area contributed by atoms with Crippen LogP contribution >= 0.6 is 11.6 Å². The number of quaternary nitrogens is 1. The van der Waals surface area contributed by atoms with Gasteiger partial charge in [0.1, 0.15) is 0 Å². The van der Waals surface area contributed by atoms with E-state index in [4.69, 9.17) is 11.6 Å². The highest BCUT2D eigenvalue weighted by Gasteiger charge is 2.44. The first kappa shape index (κ1) is 24.0. The normalized spacial score (nSPS) is 18.2. The lowest BCUT2D eigenvalue weighted by Crippen LogP contribution is -3.12. The first-order valence-electron chi connectivity index (χ1n) is 11.2. The molecule has 5 nitrogen and oxygen atoms in total. The van der Waals surface area contributed by atoms with Gasteiger partial charge in [0.05, 0.1) is 32.2 Å². The van der Waals surface area contributed by atoms with Gasteiger partial charge in [-0.15, -0.1) is 0 Å². The largest absolute Gasteiger partial charge is 0.872 e. The Labute approximate surface area is 195 Å². The Balaban J connectivity index is 2.09. The summed E-state index contributed by atoms with van der Waals surface area (Å²) in [7, 11) is 0. The van der Waals surface area contributed by atoms with E-state index in [1.54, 1.807) is 29.2 Å². The minimum Gasteiger partial charge on any atom is -0.872 e. The van der Waals surface area contributed by atoms with Gasteiger partial charge < -0.3 is 14.9 Å². The molecule has 1 aliphatic rings. The van der Waals surface area contributed by atoms with Gasteiger partial charge >= 0.3 is 0 Å². The van der Waals surface area contributed by atoms with Crippen LogP contribution in [0.3, 0.4) is 0 Å². The minimum atomic E-state index is -0.711. The molecule has 1 N–H and O–H groups in total. The summed E-state index contributed by atoms with van der Waals surface area (Å²) < 4.78 is 0. The first-order valence-corrected chi connectivity index (χ1v) is 11.6. The summed E-state index contributed by atoms with van der Waals surface area (Å²) in [6.07, 6.45) is 0. The van der Waals surface area contributed by atoms with Crippen molar-refractivity contribution >= 4 is 29.1 Å². The summed E-state index contributed by atoms with van der Waals surface area (Å²) in [5.41, 5.74) is 2.31. The van der Waals surface area contributed by atoms with Gasteiger partial charge in [0.25, 0.3) is 5.91 Å². The Bertz CT molecular complexity index is 993. The number of carbonyl (C=O) groups is 2. The van der Waals surface area contributed by atoms with Gasteiger partial charge in [-0.05, 0) is 48.6 Å². The average Bonchev–Trinajstić information content (AvgIpc) is 3.04. The highest BCUT2D eigenvalue weighted by Crippen LogP contribution is 2.38. The third-order valence-corrected chi connectivity index (χ3v) is 6.51. The molecule has 0 aliphatic carbocycles. The molecule has 0 radical (unpaired) electrons. The Morgan fingerprint density at radius 2 is 1.62 bits per heavy atom. The third kappa shape index (κ3) is 4.89. The number of nitrogens with zero attached hydrogens (tertiary/aromatic N) is 1. The highest BCUT2D eigenvalue weighted by molar-refractivity contribution is 6.46. The fraction of sp³-hybridized carbons (Fsp3) is 0.385. The molecule has 170 valence electrons. The predicted molar refractivity (Wildman–Crippen MR) is 125 cm³/mol. The number of benzene rings is 2. The van der Waals surface area contributed by atoms with Crippen molar-refractivity contribution in [2.45, 2.75) is 39.7 Å². The number of Topliss-reactive ketones (excluding diaryl/α,β-unsaturated/α-hetero) is 1. The van der Waals surface area contributed by atoms with E-state index in [0.29, 0.717) is 23.0 Å². The Morgan fingerprint density at radius 1 is 1.03 bits per heavy atom. The molecule has 3 rings (SSSR count). The molecule has 1 heterocycles. The number of halogens is 1. The lowest BCUT2D eigenvalue weighted by atomic mass is 9.93. The summed E-state index contributed by atoms with van der Waals surface area (Å²) in [4.78, 5) is 29.0. The van der Waals surface area contributed by atoms with E-state index in [-0.39, 0.29) is 5.57 Å². The molecule has 2 aromatic carbocycles. The molecule has 0 saturated carbocycles. The zero-order valence-corrected chi connectivity index (χ0v) is 19.9. The molecule has 1 atom stereocenters. The van der Waals surface area contributed by atoms with Crippen LogP contribution in [-0.2, 0) is 9.59 Å². The van der Waals surface area contributed by atoms with Gasteiger partial charge in [-0.25, -0.2) is 0 Å². The monoisotopic (exact) mass is 454 g/mol. The van der Waals surface area contributed by atoms with E-state index in [0.717, 1.165) is 30.8 Å². The fourth-order valence-electron chi connectivity index (χ4n) is 4.15. The molecule has 32 heavy (non-hydrogen) atoms. The fourth-order valence-corrected chi connectivity index (χ4v) is 4.28. The number of amides is 1. The van der Waals surface area contributed by atoms with Crippen LogP contribution in [0.1, 0.15) is 56.3 Å². The predicted octanol–water partition coefficient (Wildman–Crippen LogP) is 2.61. The van der Waals surface area contributed by atoms with Gasteiger partial charge in [0, 0.05) is 10.6 Å². The second kappa shape index (κ2) is 10.3. The Kier molecular flexibility index (Phi) is 7.75. The number of nitrogens with one attached hydrogen (secondary N) is 1. The van der Waals surface area contributed by atoms with Crippen LogP contribution < -0.4 is 10.0 Å². The van der Waals surface area contributed by atoms with E-state index in [2.05, 4.69) is 27.7 Å². The Hall–Kier alpha value is -2.63. The van der Waals surface area contributed by atoms with Crippen LogP contribution in [0, 0.1) is 0 Å². The average molecular weight is 455 g/mol. The minimum absolute atomic E-state index is 0.0177. The van der Waals surface area contributed by atoms with Gasteiger partial charge in [0.2, 0.25) is 5.78 Å². The molecule has 0 spiro atoms. The number of rotatable bonds is 8. The second-order valence-corrected chi connectivity index (χ2v) is 8.94. The Morgan fingerprint density at radius 3 is 2.16 bits per heavy atom. The maximum absolute atomic E-state index is 13.4. The van der Waals surface area contributed by atoms with E-state index in [1.807, 2.05) is 24.3 Å². The maximum atomic E-state index is 13.4. The lowest BCUT2D eigenvalue weighted by molar-refractivity contribution is -0.895. The van der Waals surface area contributed by atoms with Gasteiger partial charge in [0.15, 0.2) is 0 Å². The molecule has 0 bridgehead atoms. The molecular weight excluding hydrogens is 424 g/mol. The molecular formula is C26H31ClN2O3. The quantitative estimate of drug-likeness (QED) is 0.379. The lowest BCUT2D eigenvalue weighted by Gasteiger charge is -2.28. The van der Waals surface area contributed by atoms with Crippen molar-refractivity contribution in [3.8, 4) is 0 Å². The van der Waals surface area contributed by atoms with Crippen molar-refractivity contribution < 1.29 is 19.6 Å². The van der Waals surface area contributed by atoms with Crippen LogP contribution in [0.5, 0.6) is 0 Å². The zero-order chi connectivity index (χ0) is 23.4. The number of hydrogen-bond donors (Lipinski definition) is 1. The van der Waals surface area contributed by atoms with Crippen LogP contribution in [0.15, 0.2) is 54.1 Å². The molecule has 0 aromatic heterocycles. The molecule has 1 aliphatic heterocycles. The van der Waals surface area contributed by atoms with Gasteiger partial charge in [-0.3, -0.25) is 9.59 Å². The number of likely N-dealkylation sites (N-methyl/N-ethyl adjacent to an activating group) is 1. The smallest absolute Gasteiger partial charge is 0.295 e. The van der Waals surface area contributed by atoms with Gasteiger partial charge in [-0.1, -0.05) is 67.6 Å².